The molecule has 3 aromatic rings. The zero-order valence-corrected chi connectivity index (χ0v) is 19.7. The van der Waals surface area contributed by atoms with Gasteiger partial charge >= 0.3 is 0 Å². The molecule has 0 saturated heterocycles. The van der Waals surface area contributed by atoms with Crippen molar-refractivity contribution >= 4 is 23.2 Å². The van der Waals surface area contributed by atoms with Crippen LogP contribution in [0.2, 0.25) is 0 Å². The summed E-state index contributed by atoms with van der Waals surface area (Å²) in [7, 11) is -1.66. The van der Waals surface area contributed by atoms with Crippen molar-refractivity contribution in [3.8, 4) is 0 Å². The van der Waals surface area contributed by atoms with Gasteiger partial charge in [0.25, 0.3) is 0 Å². The number of halogens is 1. The molecule has 0 heterocycles. The van der Waals surface area contributed by atoms with E-state index in [1.54, 1.807) is 0 Å². The molecule has 0 radical (unpaired) electrons. The fourth-order valence-electron chi connectivity index (χ4n) is 4.56. The molecular formula is C29H37FP+. The van der Waals surface area contributed by atoms with Crippen molar-refractivity contribution in [1.29, 1.82) is 0 Å². The lowest BCUT2D eigenvalue weighted by atomic mass is 10.1. The van der Waals surface area contributed by atoms with Gasteiger partial charge in [-0.05, 0) is 55.7 Å². The van der Waals surface area contributed by atoms with Crippen LogP contribution in [0.15, 0.2) is 91.0 Å². The molecule has 0 fully saturated rings. The fourth-order valence-corrected chi connectivity index (χ4v) is 8.97. The molecule has 0 aliphatic heterocycles. The molecule has 3 rings (SSSR count). The maximum Gasteiger partial charge on any atom is 0.112 e. The normalized spacial score (nSPS) is 11.5. The quantitative estimate of drug-likeness (QED) is 0.182. The third-order valence-electron chi connectivity index (χ3n) is 6.22. The van der Waals surface area contributed by atoms with Gasteiger partial charge in [0, 0.05) is 0 Å². The second-order valence-corrected chi connectivity index (χ2v) is 12.0. The second kappa shape index (κ2) is 13.4. The summed E-state index contributed by atoms with van der Waals surface area (Å²) in [6, 6.07) is 33.6. The molecule has 3 aromatic carbocycles. The molecule has 0 spiro atoms. The maximum atomic E-state index is 12.2. The topological polar surface area (TPSA) is 0 Å². The zero-order chi connectivity index (χ0) is 21.6. The molecule has 0 atom stereocenters. The van der Waals surface area contributed by atoms with E-state index in [0.29, 0.717) is 0 Å². The molecular weight excluding hydrogens is 398 g/mol. The van der Waals surface area contributed by atoms with E-state index < -0.39 is 7.26 Å². The van der Waals surface area contributed by atoms with Crippen LogP contribution in [0.5, 0.6) is 0 Å². The number of rotatable bonds is 14. The van der Waals surface area contributed by atoms with Gasteiger partial charge in [0.15, 0.2) is 0 Å². The second-order valence-electron chi connectivity index (χ2n) is 8.41. The van der Waals surface area contributed by atoms with Crippen LogP contribution in [0.1, 0.15) is 57.8 Å². The number of hydrogen-bond donors (Lipinski definition) is 0. The Balaban J connectivity index is 1.70. The number of alkyl halides is 1. The van der Waals surface area contributed by atoms with Gasteiger partial charge in [0.1, 0.15) is 23.2 Å². The van der Waals surface area contributed by atoms with Gasteiger partial charge in [-0.3, -0.25) is 4.39 Å². The number of unbranched alkanes of at least 4 members (excludes halogenated alkanes) is 8. The first-order valence-corrected chi connectivity index (χ1v) is 14.0. The lowest BCUT2D eigenvalue weighted by molar-refractivity contribution is 0.449. The summed E-state index contributed by atoms with van der Waals surface area (Å²) in [6.07, 6.45) is 11.9. The Morgan fingerprint density at radius 2 is 0.742 bits per heavy atom. The fraction of sp³-hybridized carbons (Fsp3) is 0.379. The standard InChI is InChI=1S/C29H37FP/c30-25-17-6-4-2-1-3-5-7-18-26-31(27-19-11-8-12-20-27,28-21-13-9-14-22-28)29-23-15-10-16-24-29/h8-16,19-24H,1-7,17-18,25-26H2/q+1. The zero-order valence-electron chi connectivity index (χ0n) is 18.8. The van der Waals surface area contributed by atoms with Crippen molar-refractivity contribution in [2.45, 2.75) is 57.8 Å². The van der Waals surface area contributed by atoms with Crippen molar-refractivity contribution in [3.05, 3.63) is 91.0 Å². The van der Waals surface area contributed by atoms with E-state index in [2.05, 4.69) is 91.0 Å². The van der Waals surface area contributed by atoms with Crippen LogP contribution >= 0.6 is 7.26 Å². The van der Waals surface area contributed by atoms with E-state index in [9.17, 15) is 4.39 Å². The van der Waals surface area contributed by atoms with Crippen molar-refractivity contribution in [1.82, 2.24) is 0 Å². The molecule has 0 aliphatic rings. The maximum absolute atomic E-state index is 12.2. The summed E-state index contributed by atoms with van der Waals surface area (Å²) >= 11 is 0. The average Bonchev–Trinajstić information content (AvgIpc) is 2.84. The predicted octanol–water partition coefficient (Wildman–Crippen LogP) is 7.46. The first-order chi connectivity index (χ1) is 15.4. The highest BCUT2D eigenvalue weighted by molar-refractivity contribution is 7.95. The molecule has 0 aromatic heterocycles. The van der Waals surface area contributed by atoms with Crippen molar-refractivity contribution in [3.63, 3.8) is 0 Å². The van der Waals surface area contributed by atoms with Gasteiger partial charge in [-0.25, -0.2) is 0 Å². The summed E-state index contributed by atoms with van der Waals surface area (Å²) in [4.78, 5) is 0. The summed E-state index contributed by atoms with van der Waals surface area (Å²) in [5.41, 5.74) is 0. The van der Waals surface area contributed by atoms with E-state index in [1.807, 2.05) is 0 Å². The van der Waals surface area contributed by atoms with E-state index in [1.165, 1.54) is 67.0 Å². The smallest absolute Gasteiger partial charge is 0.112 e. The van der Waals surface area contributed by atoms with Gasteiger partial charge in [-0.1, -0.05) is 93.1 Å². The molecule has 164 valence electrons. The molecule has 0 aliphatic carbocycles. The Hall–Kier alpha value is -1.98. The molecule has 31 heavy (non-hydrogen) atoms. The Kier molecular flexibility index (Phi) is 10.3. The van der Waals surface area contributed by atoms with Crippen molar-refractivity contribution in [2.75, 3.05) is 12.8 Å². The highest BCUT2D eigenvalue weighted by Gasteiger charge is 2.44. The first kappa shape index (κ1) is 23.7. The van der Waals surface area contributed by atoms with Gasteiger partial charge in [-0.2, -0.15) is 0 Å². The molecule has 0 N–H and O–H groups in total. The predicted molar refractivity (Wildman–Crippen MR) is 138 cm³/mol. The highest BCUT2D eigenvalue weighted by Crippen LogP contribution is 2.55. The summed E-state index contributed by atoms with van der Waals surface area (Å²) in [6.45, 7) is -0.158. The molecule has 0 saturated carbocycles. The highest BCUT2D eigenvalue weighted by atomic mass is 31.2. The van der Waals surface area contributed by atoms with Crippen LogP contribution in [-0.2, 0) is 0 Å². The average molecular weight is 436 g/mol. The Morgan fingerprint density at radius 3 is 1.10 bits per heavy atom. The van der Waals surface area contributed by atoms with Crippen molar-refractivity contribution < 1.29 is 4.39 Å². The molecule has 2 heteroatoms. The van der Waals surface area contributed by atoms with Crippen LogP contribution in [0, 0.1) is 0 Å². The third-order valence-corrected chi connectivity index (χ3v) is 10.7. The molecule has 0 amide bonds. The van der Waals surface area contributed by atoms with E-state index in [4.69, 9.17) is 0 Å². The van der Waals surface area contributed by atoms with E-state index in [0.717, 1.165) is 12.8 Å². The van der Waals surface area contributed by atoms with Gasteiger partial charge in [0.2, 0.25) is 0 Å². The minimum atomic E-state index is -1.66. The van der Waals surface area contributed by atoms with E-state index in [-0.39, 0.29) is 6.67 Å². The van der Waals surface area contributed by atoms with E-state index >= 15 is 0 Å². The van der Waals surface area contributed by atoms with Gasteiger partial charge < -0.3 is 0 Å². The minimum absolute atomic E-state index is 0.158. The minimum Gasteiger partial charge on any atom is -0.251 e. The lowest BCUT2D eigenvalue weighted by Gasteiger charge is -2.27. The summed E-state index contributed by atoms with van der Waals surface area (Å²) < 4.78 is 12.2. The van der Waals surface area contributed by atoms with Crippen LogP contribution in [0.3, 0.4) is 0 Å². The SMILES string of the molecule is FCCCCCCCCCCC[P+](c1ccccc1)(c1ccccc1)c1ccccc1. The van der Waals surface area contributed by atoms with Crippen LogP contribution < -0.4 is 15.9 Å². The Labute approximate surface area is 189 Å². The first-order valence-electron chi connectivity index (χ1n) is 12.0. The van der Waals surface area contributed by atoms with Crippen LogP contribution in [0.4, 0.5) is 4.39 Å². The Bertz CT molecular complexity index is 736. The molecule has 0 bridgehead atoms. The largest absolute Gasteiger partial charge is 0.251 e. The number of benzene rings is 3. The van der Waals surface area contributed by atoms with Gasteiger partial charge in [-0.15, -0.1) is 0 Å². The molecule has 0 nitrogen and oxygen atoms in total. The van der Waals surface area contributed by atoms with Crippen LogP contribution in [0.25, 0.3) is 0 Å². The van der Waals surface area contributed by atoms with Gasteiger partial charge in [0.05, 0.1) is 12.8 Å². The third kappa shape index (κ3) is 6.75. The number of hydrogen-bond acceptors (Lipinski definition) is 0. The summed E-state index contributed by atoms with van der Waals surface area (Å²) in [5, 5.41) is 4.46. The monoisotopic (exact) mass is 435 g/mol. The van der Waals surface area contributed by atoms with Crippen LogP contribution in [-0.4, -0.2) is 12.8 Å². The lowest BCUT2D eigenvalue weighted by Crippen LogP contribution is -2.33. The summed E-state index contributed by atoms with van der Waals surface area (Å²) in [5.74, 6) is 0. The van der Waals surface area contributed by atoms with Crippen molar-refractivity contribution in [2.24, 2.45) is 0 Å². The molecule has 0 unspecified atom stereocenters. The Morgan fingerprint density at radius 1 is 0.419 bits per heavy atom.